The molecule has 1 aliphatic heterocycles. The minimum Gasteiger partial charge on any atom is -0.497 e. The van der Waals surface area contributed by atoms with Crippen molar-refractivity contribution >= 4 is 22.8 Å². The summed E-state index contributed by atoms with van der Waals surface area (Å²) in [6, 6.07) is 18.0. The second kappa shape index (κ2) is 10.2. The van der Waals surface area contributed by atoms with Crippen LogP contribution in [0.1, 0.15) is 15.9 Å². The monoisotopic (exact) mass is 488 g/mol. The van der Waals surface area contributed by atoms with Crippen LogP contribution < -0.4 is 20.5 Å². The summed E-state index contributed by atoms with van der Waals surface area (Å²) in [6.07, 6.45) is 0. The van der Waals surface area contributed by atoms with Crippen molar-refractivity contribution in [3.8, 4) is 11.4 Å². The van der Waals surface area contributed by atoms with Crippen molar-refractivity contribution in [1.29, 1.82) is 0 Å². The Labute approximate surface area is 206 Å². The van der Waals surface area contributed by atoms with Gasteiger partial charge in [-0.25, -0.2) is 13.9 Å². The van der Waals surface area contributed by atoms with Crippen molar-refractivity contribution in [1.82, 2.24) is 14.9 Å². The molecule has 0 radical (unpaired) electrons. The smallest absolute Gasteiger partial charge is 0.267 e. The molecule has 36 heavy (non-hydrogen) atoms. The van der Waals surface area contributed by atoms with Crippen molar-refractivity contribution < 1.29 is 18.7 Å². The van der Waals surface area contributed by atoms with Crippen molar-refractivity contribution in [2.45, 2.75) is 6.54 Å². The van der Waals surface area contributed by atoms with E-state index in [2.05, 4.69) is 5.32 Å². The average molecular weight is 489 g/mol. The molecule has 9 heteroatoms. The highest BCUT2D eigenvalue weighted by molar-refractivity contribution is 5.97. The van der Waals surface area contributed by atoms with E-state index >= 15 is 0 Å². The zero-order chi connectivity index (χ0) is 25.1. The Hall–Kier alpha value is -4.24. The normalized spacial score (nSPS) is 13.6. The third-order valence-electron chi connectivity index (χ3n) is 6.10. The molecule has 1 saturated heterocycles. The van der Waals surface area contributed by atoms with Crippen molar-refractivity contribution in [3.63, 3.8) is 0 Å². The lowest BCUT2D eigenvalue weighted by Gasteiger charge is -2.30. The maximum Gasteiger partial charge on any atom is 0.267 e. The van der Waals surface area contributed by atoms with Gasteiger partial charge in [0, 0.05) is 25.2 Å². The molecule has 0 unspecified atom stereocenters. The van der Waals surface area contributed by atoms with E-state index in [9.17, 15) is 14.0 Å². The van der Waals surface area contributed by atoms with Crippen LogP contribution in [0.15, 0.2) is 71.5 Å². The zero-order valence-electron chi connectivity index (χ0n) is 19.7. The number of nitrogens with zero attached hydrogens (tertiary/aromatic N) is 3. The number of benzene rings is 3. The first kappa shape index (κ1) is 23.5. The summed E-state index contributed by atoms with van der Waals surface area (Å²) in [5.41, 5.74) is 1.96. The van der Waals surface area contributed by atoms with Crippen molar-refractivity contribution in [2.24, 2.45) is 0 Å². The number of hydrogen-bond donors (Lipinski definition) is 1. The predicted molar refractivity (Wildman–Crippen MR) is 134 cm³/mol. The first-order valence-corrected chi connectivity index (χ1v) is 11.6. The van der Waals surface area contributed by atoms with Crippen LogP contribution in [-0.4, -0.2) is 48.9 Å². The van der Waals surface area contributed by atoms with E-state index in [-0.39, 0.29) is 11.5 Å². The van der Waals surface area contributed by atoms with E-state index in [1.54, 1.807) is 37.4 Å². The number of aromatic nitrogens is 2. The van der Waals surface area contributed by atoms with Gasteiger partial charge < -0.3 is 19.7 Å². The first-order chi connectivity index (χ1) is 17.5. The van der Waals surface area contributed by atoms with Crippen LogP contribution in [0.2, 0.25) is 0 Å². The highest BCUT2D eigenvalue weighted by atomic mass is 19.1. The SMILES string of the molecule is COc1ccc(CNC(=O)c2ccc3c(=O)n(-c4ccc(F)cc4)c(N4CCOCC4)nc3c2)cc1. The standard InChI is InChI=1S/C27H25FN4O4/c1-35-22-9-2-18(3-10-22)17-29-25(33)19-4-11-23-24(16-19)30-27(31-12-14-36-15-13-31)32(26(23)34)21-7-5-20(28)6-8-21/h2-11,16H,12-15,17H2,1H3,(H,29,33). The lowest BCUT2D eigenvalue weighted by atomic mass is 10.1. The molecule has 184 valence electrons. The lowest BCUT2D eigenvalue weighted by molar-refractivity contribution is 0.0951. The Morgan fingerprint density at radius 3 is 2.47 bits per heavy atom. The molecule has 3 aromatic carbocycles. The second-order valence-electron chi connectivity index (χ2n) is 8.39. The fraction of sp³-hybridized carbons (Fsp3) is 0.222. The second-order valence-corrected chi connectivity index (χ2v) is 8.39. The molecule has 0 atom stereocenters. The maximum absolute atomic E-state index is 13.6. The number of anilines is 1. The molecule has 0 bridgehead atoms. The molecule has 8 nitrogen and oxygen atoms in total. The number of morpholine rings is 1. The van der Waals surface area contributed by atoms with Gasteiger partial charge in [-0.05, 0) is 60.2 Å². The van der Waals surface area contributed by atoms with Crippen LogP contribution in [-0.2, 0) is 11.3 Å². The lowest BCUT2D eigenvalue weighted by Crippen LogP contribution is -2.40. The minimum absolute atomic E-state index is 0.273. The highest BCUT2D eigenvalue weighted by Crippen LogP contribution is 2.22. The molecule has 4 aromatic rings. The van der Waals surface area contributed by atoms with E-state index in [0.717, 1.165) is 11.3 Å². The van der Waals surface area contributed by atoms with Crippen LogP contribution in [0.3, 0.4) is 0 Å². The fourth-order valence-electron chi connectivity index (χ4n) is 4.14. The number of carbonyl (C=O) groups is 1. The van der Waals surface area contributed by atoms with Crippen LogP contribution in [0.5, 0.6) is 5.75 Å². The number of amides is 1. The summed E-state index contributed by atoms with van der Waals surface area (Å²) in [4.78, 5) is 33.2. The van der Waals surface area contributed by atoms with Crippen LogP contribution in [0, 0.1) is 5.82 Å². The van der Waals surface area contributed by atoms with E-state index in [4.69, 9.17) is 14.5 Å². The number of fused-ring (bicyclic) bond motifs is 1. The molecule has 0 aliphatic carbocycles. The number of methoxy groups -OCH3 is 1. The number of ether oxygens (including phenoxy) is 2. The largest absolute Gasteiger partial charge is 0.497 e. The first-order valence-electron chi connectivity index (χ1n) is 11.6. The maximum atomic E-state index is 13.6. The van der Waals surface area contributed by atoms with Crippen molar-refractivity contribution in [3.05, 3.63) is 94.0 Å². The molecule has 0 saturated carbocycles. The molecule has 1 aromatic heterocycles. The van der Waals surface area contributed by atoms with E-state index in [0.29, 0.717) is 61.0 Å². The van der Waals surface area contributed by atoms with Gasteiger partial charge in [0.2, 0.25) is 5.95 Å². The summed E-state index contributed by atoms with van der Waals surface area (Å²) in [7, 11) is 1.60. The fourth-order valence-corrected chi connectivity index (χ4v) is 4.14. The molecular formula is C27H25FN4O4. The molecule has 0 spiro atoms. The summed E-state index contributed by atoms with van der Waals surface area (Å²) in [5, 5.41) is 3.26. The Morgan fingerprint density at radius 1 is 1.06 bits per heavy atom. The molecule has 1 amide bonds. The van der Waals surface area contributed by atoms with Gasteiger partial charge in [0.15, 0.2) is 0 Å². The van der Waals surface area contributed by atoms with Gasteiger partial charge in [-0.2, -0.15) is 0 Å². The number of carbonyl (C=O) groups excluding carboxylic acids is 1. The van der Waals surface area contributed by atoms with Gasteiger partial charge in [0.05, 0.1) is 36.9 Å². The van der Waals surface area contributed by atoms with E-state index in [1.165, 1.54) is 16.7 Å². The number of nitrogens with one attached hydrogen (secondary N) is 1. The Morgan fingerprint density at radius 2 is 1.78 bits per heavy atom. The highest BCUT2D eigenvalue weighted by Gasteiger charge is 2.21. The quantitative estimate of drug-likeness (QED) is 0.448. The molecule has 1 N–H and O–H groups in total. The minimum atomic E-state index is -0.390. The van der Waals surface area contributed by atoms with E-state index in [1.807, 2.05) is 29.2 Å². The van der Waals surface area contributed by atoms with Gasteiger partial charge in [-0.3, -0.25) is 9.59 Å². The van der Waals surface area contributed by atoms with Gasteiger partial charge in [0.25, 0.3) is 11.5 Å². The molecule has 1 fully saturated rings. The Kier molecular flexibility index (Phi) is 6.64. The summed E-state index contributed by atoms with van der Waals surface area (Å²) in [5.74, 6) is 0.509. The predicted octanol–water partition coefficient (Wildman–Crippen LogP) is 3.30. The van der Waals surface area contributed by atoms with Crippen LogP contribution >= 0.6 is 0 Å². The summed E-state index contributed by atoms with van der Waals surface area (Å²) in [6.45, 7) is 2.47. The van der Waals surface area contributed by atoms with Gasteiger partial charge in [0.1, 0.15) is 11.6 Å². The molecule has 2 heterocycles. The summed E-state index contributed by atoms with van der Waals surface area (Å²) < 4.78 is 25.7. The van der Waals surface area contributed by atoms with Crippen LogP contribution in [0.25, 0.3) is 16.6 Å². The molecule has 1 aliphatic rings. The number of rotatable bonds is 6. The Balaban J connectivity index is 1.50. The molecular weight excluding hydrogens is 463 g/mol. The number of halogens is 1. The molecule has 5 rings (SSSR count). The Bertz CT molecular complexity index is 1450. The third-order valence-corrected chi connectivity index (χ3v) is 6.10. The zero-order valence-corrected chi connectivity index (χ0v) is 19.7. The van der Waals surface area contributed by atoms with Gasteiger partial charge in [-0.1, -0.05) is 12.1 Å². The number of hydrogen-bond acceptors (Lipinski definition) is 6. The van der Waals surface area contributed by atoms with Crippen LogP contribution in [0.4, 0.5) is 10.3 Å². The van der Waals surface area contributed by atoms with Gasteiger partial charge in [-0.15, -0.1) is 0 Å². The van der Waals surface area contributed by atoms with E-state index < -0.39 is 5.82 Å². The van der Waals surface area contributed by atoms with Crippen molar-refractivity contribution in [2.75, 3.05) is 38.3 Å². The van der Waals surface area contributed by atoms with Gasteiger partial charge >= 0.3 is 0 Å². The average Bonchev–Trinajstić information content (AvgIpc) is 2.93. The topological polar surface area (TPSA) is 85.7 Å². The summed E-state index contributed by atoms with van der Waals surface area (Å²) >= 11 is 0. The third kappa shape index (κ3) is 4.78.